The molecule has 1 aromatic rings. The second-order valence-corrected chi connectivity index (χ2v) is 3.81. The molecule has 92 valence electrons. The fraction of sp³-hybridized carbons (Fsp3) is 0.800. The highest BCUT2D eigenvalue weighted by Gasteiger charge is 2.37. The van der Waals surface area contributed by atoms with E-state index in [1.165, 1.54) is 6.92 Å². The van der Waals surface area contributed by atoms with Crippen LogP contribution in [0.3, 0.4) is 0 Å². The molecule has 0 aliphatic rings. The quantitative estimate of drug-likeness (QED) is 0.734. The Morgan fingerprint density at radius 3 is 2.44 bits per heavy atom. The lowest BCUT2D eigenvalue weighted by Crippen LogP contribution is -2.16. The highest BCUT2D eigenvalue weighted by molar-refractivity contribution is 5.11. The van der Waals surface area contributed by atoms with Gasteiger partial charge in [0.25, 0.3) is 0 Å². The maximum atomic E-state index is 12.6. The van der Waals surface area contributed by atoms with E-state index in [-0.39, 0.29) is 12.2 Å². The molecule has 3 nitrogen and oxygen atoms in total. The molecular weight excluding hydrogens is 219 g/mol. The van der Waals surface area contributed by atoms with Crippen LogP contribution < -0.4 is 0 Å². The average Bonchev–Trinajstić information content (AvgIpc) is 2.54. The number of alkyl halides is 3. The molecule has 1 aromatic heterocycles. The van der Waals surface area contributed by atoms with Crippen LogP contribution in [0.4, 0.5) is 13.2 Å². The molecule has 0 aliphatic carbocycles. The summed E-state index contributed by atoms with van der Waals surface area (Å²) in [5, 5.41) is 7.00. The zero-order chi connectivity index (χ0) is 12.2. The maximum absolute atomic E-state index is 12.6. The van der Waals surface area contributed by atoms with E-state index in [1.54, 1.807) is 0 Å². The monoisotopic (exact) mass is 235 g/mol. The van der Waals surface area contributed by atoms with Crippen molar-refractivity contribution in [3.05, 3.63) is 11.4 Å². The second-order valence-electron chi connectivity index (χ2n) is 3.81. The number of aromatic nitrogens is 3. The molecule has 1 heterocycles. The number of aryl methyl sites for hydroxylation is 2. The molecule has 1 rings (SSSR count). The average molecular weight is 235 g/mol. The maximum Gasteiger partial charge on any atom is 0.434 e. The Balaban J connectivity index is 2.66. The molecule has 0 radical (unpaired) electrons. The van der Waals surface area contributed by atoms with E-state index < -0.39 is 11.9 Å². The summed E-state index contributed by atoms with van der Waals surface area (Å²) in [6, 6.07) is 0. The highest BCUT2D eigenvalue weighted by Crippen LogP contribution is 2.30. The first-order valence-electron chi connectivity index (χ1n) is 5.44. The van der Waals surface area contributed by atoms with Crippen molar-refractivity contribution >= 4 is 0 Å². The zero-order valence-corrected chi connectivity index (χ0v) is 9.51. The third kappa shape index (κ3) is 3.21. The van der Waals surface area contributed by atoms with E-state index in [1.807, 2.05) is 0 Å². The van der Waals surface area contributed by atoms with Gasteiger partial charge in [-0.05, 0) is 13.3 Å². The number of halogens is 3. The Kier molecular flexibility index (Phi) is 4.32. The Labute approximate surface area is 92.6 Å². The summed E-state index contributed by atoms with van der Waals surface area (Å²) in [6.07, 6.45) is -0.637. The van der Waals surface area contributed by atoms with Crippen molar-refractivity contribution in [3.63, 3.8) is 0 Å². The van der Waals surface area contributed by atoms with E-state index in [2.05, 4.69) is 17.2 Å². The number of hydrogen-bond donors (Lipinski definition) is 0. The summed E-state index contributed by atoms with van der Waals surface area (Å²) in [7, 11) is 0. The van der Waals surface area contributed by atoms with Gasteiger partial charge in [0.05, 0.1) is 5.69 Å². The Morgan fingerprint density at radius 1 is 1.19 bits per heavy atom. The molecule has 0 atom stereocenters. The van der Waals surface area contributed by atoms with Crippen molar-refractivity contribution in [2.24, 2.45) is 0 Å². The van der Waals surface area contributed by atoms with E-state index >= 15 is 0 Å². The number of unbranched alkanes of at least 4 members (excludes halogenated alkanes) is 3. The van der Waals surface area contributed by atoms with Crippen molar-refractivity contribution in [1.29, 1.82) is 0 Å². The van der Waals surface area contributed by atoms with Gasteiger partial charge in [-0.1, -0.05) is 31.4 Å². The lowest BCUT2D eigenvalue weighted by atomic mass is 10.2. The minimum Gasteiger partial charge on any atom is -0.240 e. The van der Waals surface area contributed by atoms with Crippen molar-refractivity contribution in [2.75, 3.05) is 0 Å². The van der Waals surface area contributed by atoms with Crippen molar-refractivity contribution in [2.45, 2.75) is 52.3 Å². The van der Waals surface area contributed by atoms with Crippen LogP contribution in [-0.4, -0.2) is 15.0 Å². The van der Waals surface area contributed by atoms with Crippen LogP contribution in [0.5, 0.6) is 0 Å². The molecule has 0 unspecified atom stereocenters. The van der Waals surface area contributed by atoms with Crippen LogP contribution in [-0.2, 0) is 12.7 Å². The predicted molar refractivity (Wildman–Crippen MR) is 53.9 cm³/mol. The first-order chi connectivity index (χ1) is 7.46. The number of nitrogens with zero attached hydrogens (tertiary/aromatic N) is 3. The molecule has 0 spiro atoms. The van der Waals surface area contributed by atoms with Crippen molar-refractivity contribution in [3.8, 4) is 0 Å². The topological polar surface area (TPSA) is 30.7 Å². The standard InChI is InChI=1S/C10H16F3N3/c1-3-4-5-6-7-16-9(10(11,12)13)8(2)14-15-16/h3-7H2,1-2H3. The van der Waals surface area contributed by atoms with Gasteiger partial charge in [-0.25, -0.2) is 4.68 Å². The van der Waals surface area contributed by atoms with Gasteiger partial charge in [0.15, 0.2) is 5.69 Å². The fourth-order valence-corrected chi connectivity index (χ4v) is 1.60. The number of hydrogen-bond acceptors (Lipinski definition) is 2. The summed E-state index contributed by atoms with van der Waals surface area (Å²) in [5.41, 5.74) is -0.771. The van der Waals surface area contributed by atoms with E-state index in [0.717, 1.165) is 23.9 Å². The minimum absolute atomic E-state index is 0.0528. The SMILES string of the molecule is CCCCCCn1nnc(C)c1C(F)(F)F. The molecule has 0 aromatic carbocycles. The summed E-state index contributed by atoms with van der Waals surface area (Å²) in [5.74, 6) is 0. The van der Waals surface area contributed by atoms with Gasteiger partial charge in [-0.15, -0.1) is 5.10 Å². The molecule has 0 saturated carbocycles. The smallest absolute Gasteiger partial charge is 0.240 e. The second kappa shape index (κ2) is 5.32. The Bertz CT molecular complexity index is 331. The van der Waals surface area contributed by atoms with E-state index in [0.29, 0.717) is 6.42 Å². The van der Waals surface area contributed by atoms with Gasteiger partial charge < -0.3 is 0 Å². The molecule has 0 amide bonds. The van der Waals surface area contributed by atoms with E-state index in [9.17, 15) is 13.2 Å². The first-order valence-corrected chi connectivity index (χ1v) is 5.44. The highest BCUT2D eigenvalue weighted by atomic mass is 19.4. The Hall–Kier alpha value is -1.07. The largest absolute Gasteiger partial charge is 0.434 e. The molecule has 6 heteroatoms. The van der Waals surface area contributed by atoms with Crippen LogP contribution in [0.25, 0.3) is 0 Å². The summed E-state index contributed by atoms with van der Waals surface area (Å²) in [6.45, 7) is 3.68. The van der Waals surface area contributed by atoms with E-state index in [4.69, 9.17) is 0 Å². The predicted octanol–water partition coefficient (Wildman–Crippen LogP) is 3.19. The third-order valence-electron chi connectivity index (χ3n) is 2.40. The Morgan fingerprint density at radius 2 is 1.88 bits per heavy atom. The zero-order valence-electron chi connectivity index (χ0n) is 9.51. The van der Waals surface area contributed by atoms with Crippen LogP contribution in [0.2, 0.25) is 0 Å². The lowest BCUT2D eigenvalue weighted by Gasteiger charge is -2.09. The molecule has 0 fully saturated rings. The molecule has 0 saturated heterocycles. The third-order valence-corrected chi connectivity index (χ3v) is 2.40. The van der Waals surface area contributed by atoms with Gasteiger partial charge in [0.1, 0.15) is 0 Å². The van der Waals surface area contributed by atoms with Crippen LogP contribution in [0, 0.1) is 6.92 Å². The molecule has 0 bridgehead atoms. The fourth-order valence-electron chi connectivity index (χ4n) is 1.60. The molecular formula is C10H16F3N3. The normalized spacial score (nSPS) is 12.1. The van der Waals surface area contributed by atoms with Crippen LogP contribution in [0.1, 0.15) is 44.0 Å². The van der Waals surface area contributed by atoms with Gasteiger partial charge in [-0.3, -0.25) is 0 Å². The minimum atomic E-state index is -4.36. The number of rotatable bonds is 5. The van der Waals surface area contributed by atoms with Crippen LogP contribution >= 0.6 is 0 Å². The lowest BCUT2D eigenvalue weighted by molar-refractivity contribution is -0.144. The van der Waals surface area contributed by atoms with Gasteiger partial charge in [0, 0.05) is 6.54 Å². The molecule has 0 aliphatic heterocycles. The van der Waals surface area contributed by atoms with Crippen molar-refractivity contribution < 1.29 is 13.2 Å². The summed E-state index contributed by atoms with van der Waals surface area (Å²) in [4.78, 5) is 0. The van der Waals surface area contributed by atoms with Gasteiger partial charge >= 0.3 is 6.18 Å². The van der Waals surface area contributed by atoms with Crippen molar-refractivity contribution in [1.82, 2.24) is 15.0 Å². The molecule has 0 N–H and O–H groups in total. The van der Waals surface area contributed by atoms with Gasteiger partial charge in [-0.2, -0.15) is 13.2 Å². The molecule has 16 heavy (non-hydrogen) atoms. The summed E-state index contributed by atoms with van der Waals surface area (Å²) < 4.78 is 38.8. The van der Waals surface area contributed by atoms with Crippen LogP contribution in [0.15, 0.2) is 0 Å². The van der Waals surface area contributed by atoms with Gasteiger partial charge in [0.2, 0.25) is 0 Å². The first kappa shape index (κ1) is 13.0. The summed E-state index contributed by atoms with van der Waals surface area (Å²) >= 11 is 0.